The van der Waals surface area contributed by atoms with Crippen LogP contribution in [-0.2, 0) is 0 Å². The van der Waals surface area contributed by atoms with E-state index in [1.807, 2.05) is 24.3 Å². The van der Waals surface area contributed by atoms with Gasteiger partial charge in [-0.15, -0.1) is 0 Å². The van der Waals surface area contributed by atoms with Crippen molar-refractivity contribution in [3.8, 4) is 44.5 Å². The van der Waals surface area contributed by atoms with Crippen LogP contribution in [0.15, 0.2) is 204 Å². The molecule has 2 heteroatoms. The first-order valence-electron chi connectivity index (χ1n) is 17.2. The highest BCUT2D eigenvalue weighted by atomic mass is 14.9. The van der Waals surface area contributed by atoms with Crippen molar-refractivity contribution in [2.45, 2.75) is 12.8 Å². The largest absolute Gasteiger partial charge is 0.232 e. The minimum Gasteiger partial charge on any atom is -0.232 e. The van der Waals surface area contributed by atoms with Crippen LogP contribution in [0.5, 0.6) is 0 Å². The van der Waals surface area contributed by atoms with Crippen molar-refractivity contribution in [2.24, 2.45) is 9.98 Å². The standard InChI is InChI=1S/C48H36N2/c1-4-12-35(13-5-1)36-22-24-37(25-23-36)38-26-28-39(29-27-38)44-18-10-19-45(34-44)40-30-32-42(33-31-40)47-21-11-20-46(41-14-6-2-7-15-41)49-48(50-47)43-16-8-3-9-17-43/h1-10,12-20,22-34H,11,21H2/b46-20+,49-48?,50-47?. The van der Waals surface area contributed by atoms with Crippen molar-refractivity contribution >= 4 is 17.2 Å². The molecular formula is C48H36N2. The van der Waals surface area contributed by atoms with Gasteiger partial charge in [-0.25, -0.2) is 9.98 Å². The Kier molecular flexibility index (Phi) is 8.90. The molecule has 238 valence electrons. The van der Waals surface area contributed by atoms with Gasteiger partial charge in [0.15, 0.2) is 5.84 Å². The minimum absolute atomic E-state index is 0.738. The highest BCUT2D eigenvalue weighted by Crippen LogP contribution is 2.31. The van der Waals surface area contributed by atoms with Gasteiger partial charge in [0.05, 0.1) is 11.4 Å². The molecule has 1 heterocycles. The van der Waals surface area contributed by atoms with Crippen molar-refractivity contribution in [3.63, 3.8) is 0 Å². The Labute approximate surface area is 294 Å². The highest BCUT2D eigenvalue weighted by molar-refractivity contribution is 6.14. The van der Waals surface area contributed by atoms with Crippen molar-refractivity contribution in [2.75, 3.05) is 0 Å². The number of benzene rings is 7. The number of hydrogen-bond donors (Lipinski definition) is 0. The van der Waals surface area contributed by atoms with Gasteiger partial charge in [0.25, 0.3) is 0 Å². The fraction of sp³-hybridized carbons (Fsp3) is 0.0417. The summed E-state index contributed by atoms with van der Waals surface area (Å²) >= 11 is 0. The summed E-state index contributed by atoms with van der Waals surface area (Å²) in [5, 5.41) is 0. The first-order valence-corrected chi connectivity index (χ1v) is 17.2. The van der Waals surface area contributed by atoms with E-state index in [-0.39, 0.29) is 0 Å². The van der Waals surface area contributed by atoms with Crippen LogP contribution < -0.4 is 0 Å². The molecule has 0 saturated heterocycles. The first-order chi connectivity index (χ1) is 24.8. The van der Waals surface area contributed by atoms with Crippen molar-refractivity contribution < 1.29 is 0 Å². The Hall–Kier alpha value is -6.38. The third-order valence-electron chi connectivity index (χ3n) is 9.25. The van der Waals surface area contributed by atoms with Gasteiger partial charge in [-0.3, -0.25) is 0 Å². The number of allylic oxidation sites excluding steroid dienone is 1. The lowest BCUT2D eigenvalue weighted by Crippen LogP contribution is -2.09. The summed E-state index contributed by atoms with van der Waals surface area (Å²) in [5.41, 5.74) is 14.9. The second kappa shape index (κ2) is 14.4. The van der Waals surface area contributed by atoms with E-state index in [9.17, 15) is 0 Å². The van der Waals surface area contributed by atoms with E-state index in [0.717, 1.165) is 46.8 Å². The van der Waals surface area contributed by atoms with Crippen LogP contribution in [0, 0.1) is 0 Å². The molecule has 7 aromatic rings. The molecular weight excluding hydrogens is 605 g/mol. The zero-order valence-corrected chi connectivity index (χ0v) is 27.8. The Balaban J connectivity index is 1.02. The van der Waals surface area contributed by atoms with Crippen molar-refractivity contribution in [1.82, 2.24) is 0 Å². The molecule has 7 aromatic carbocycles. The first kappa shape index (κ1) is 30.9. The topological polar surface area (TPSA) is 24.7 Å². The minimum atomic E-state index is 0.738. The summed E-state index contributed by atoms with van der Waals surface area (Å²) in [6.07, 6.45) is 3.95. The second-order valence-electron chi connectivity index (χ2n) is 12.5. The number of nitrogens with zero attached hydrogens (tertiary/aromatic N) is 2. The Morgan fingerprint density at radius 1 is 0.300 bits per heavy atom. The van der Waals surface area contributed by atoms with Gasteiger partial charge >= 0.3 is 0 Å². The third-order valence-corrected chi connectivity index (χ3v) is 9.25. The van der Waals surface area contributed by atoms with Crippen LogP contribution in [0.25, 0.3) is 50.2 Å². The number of amidine groups is 1. The molecule has 0 N–H and O–H groups in total. The van der Waals surface area contributed by atoms with E-state index in [1.165, 1.54) is 44.5 Å². The second-order valence-corrected chi connectivity index (χ2v) is 12.5. The van der Waals surface area contributed by atoms with E-state index in [0.29, 0.717) is 0 Å². The fourth-order valence-electron chi connectivity index (χ4n) is 6.50. The molecule has 0 amide bonds. The van der Waals surface area contributed by atoms with Crippen LogP contribution >= 0.6 is 0 Å². The van der Waals surface area contributed by atoms with Gasteiger partial charge in [0, 0.05) is 5.56 Å². The average Bonchev–Trinajstić information content (AvgIpc) is 3.19. The van der Waals surface area contributed by atoms with Crippen LogP contribution in [0.3, 0.4) is 0 Å². The van der Waals surface area contributed by atoms with E-state index in [1.54, 1.807) is 0 Å². The van der Waals surface area contributed by atoms with Crippen LogP contribution in [0.1, 0.15) is 29.5 Å². The fourth-order valence-corrected chi connectivity index (χ4v) is 6.50. The Bertz CT molecular complexity index is 2300. The molecule has 0 fully saturated rings. The van der Waals surface area contributed by atoms with E-state index in [4.69, 9.17) is 9.98 Å². The zero-order chi connectivity index (χ0) is 33.5. The quantitative estimate of drug-likeness (QED) is 0.166. The molecule has 50 heavy (non-hydrogen) atoms. The predicted octanol–water partition coefficient (Wildman–Crippen LogP) is 12.4. The maximum absolute atomic E-state index is 5.18. The van der Waals surface area contributed by atoms with Gasteiger partial charge in [-0.2, -0.15) is 0 Å². The predicted molar refractivity (Wildman–Crippen MR) is 211 cm³/mol. The Morgan fingerprint density at radius 3 is 1.18 bits per heavy atom. The maximum Gasteiger partial charge on any atom is 0.160 e. The van der Waals surface area contributed by atoms with Crippen molar-refractivity contribution in [3.05, 3.63) is 211 Å². The molecule has 0 bridgehead atoms. The Morgan fingerprint density at radius 2 is 0.680 bits per heavy atom. The smallest absolute Gasteiger partial charge is 0.160 e. The molecule has 0 spiro atoms. The molecule has 0 radical (unpaired) electrons. The van der Waals surface area contributed by atoms with E-state index < -0.39 is 0 Å². The molecule has 2 nitrogen and oxygen atoms in total. The number of aliphatic imine (C=N–C) groups is 2. The summed E-state index contributed by atoms with van der Waals surface area (Å²) in [4.78, 5) is 10.3. The van der Waals surface area contributed by atoms with Crippen LogP contribution in [0.4, 0.5) is 0 Å². The summed E-state index contributed by atoms with van der Waals surface area (Å²) < 4.78 is 0. The number of hydrogen-bond acceptors (Lipinski definition) is 2. The van der Waals surface area contributed by atoms with E-state index >= 15 is 0 Å². The van der Waals surface area contributed by atoms with Gasteiger partial charge < -0.3 is 0 Å². The SMILES string of the molecule is C1=C(\c2ccccc2)N=C(c2ccccc2)N=C(c2ccc(-c3cccc(-c4ccc(-c5ccc(-c6ccccc6)cc5)cc4)c3)cc2)CC/1. The summed E-state index contributed by atoms with van der Waals surface area (Å²) in [6, 6.07) is 66.5. The average molecular weight is 641 g/mol. The van der Waals surface area contributed by atoms with Gasteiger partial charge in [0.1, 0.15) is 0 Å². The van der Waals surface area contributed by atoms with Gasteiger partial charge in [0.2, 0.25) is 0 Å². The van der Waals surface area contributed by atoms with E-state index in [2.05, 4.69) is 170 Å². The zero-order valence-electron chi connectivity index (χ0n) is 27.8. The van der Waals surface area contributed by atoms with Crippen LogP contribution in [0.2, 0.25) is 0 Å². The normalized spacial score (nSPS) is 14.0. The highest BCUT2D eigenvalue weighted by Gasteiger charge is 2.13. The lowest BCUT2D eigenvalue weighted by molar-refractivity contribution is 1.08. The summed E-state index contributed by atoms with van der Waals surface area (Å²) in [5.74, 6) is 0.738. The molecule has 1 aliphatic heterocycles. The number of rotatable bonds is 7. The van der Waals surface area contributed by atoms with Gasteiger partial charge in [-0.1, -0.05) is 188 Å². The molecule has 0 aliphatic carbocycles. The molecule has 0 unspecified atom stereocenters. The monoisotopic (exact) mass is 640 g/mol. The maximum atomic E-state index is 5.18. The lowest BCUT2D eigenvalue weighted by atomic mass is 9.95. The molecule has 0 atom stereocenters. The van der Waals surface area contributed by atoms with Crippen LogP contribution in [-0.4, -0.2) is 11.5 Å². The summed E-state index contributed by atoms with van der Waals surface area (Å²) in [7, 11) is 0. The molecule has 0 aromatic heterocycles. The van der Waals surface area contributed by atoms with Gasteiger partial charge in [-0.05, 0) is 74.5 Å². The lowest BCUT2D eigenvalue weighted by Gasteiger charge is -2.14. The van der Waals surface area contributed by atoms with Crippen molar-refractivity contribution in [1.29, 1.82) is 0 Å². The third kappa shape index (κ3) is 6.92. The molecule has 1 aliphatic rings. The molecule has 0 saturated carbocycles. The molecule has 8 rings (SSSR count). The summed E-state index contributed by atoms with van der Waals surface area (Å²) in [6.45, 7) is 0.